The minimum atomic E-state index is -3.85. The zero-order valence-electron chi connectivity index (χ0n) is 21.5. The SMILES string of the molecule is Nc1cnn(CC2(O)CCC(Nc3ncc(Cl)c(-c4cn(S(=O)(=O)c5ccccc5)c5ccccc45)n3)CC2)c1. The Hall–Kier alpha value is -3.93. The van der Waals surface area contributed by atoms with Gasteiger partial charge < -0.3 is 16.2 Å². The zero-order valence-corrected chi connectivity index (χ0v) is 23.1. The van der Waals surface area contributed by atoms with E-state index < -0.39 is 15.6 Å². The van der Waals surface area contributed by atoms with Crippen LogP contribution in [-0.2, 0) is 16.6 Å². The number of anilines is 2. The maximum absolute atomic E-state index is 13.5. The van der Waals surface area contributed by atoms with Crippen LogP contribution in [0.4, 0.5) is 11.6 Å². The van der Waals surface area contributed by atoms with E-state index in [4.69, 9.17) is 22.3 Å². The molecule has 2 aromatic carbocycles. The second-order valence-corrected chi connectivity index (χ2v) is 12.4. The van der Waals surface area contributed by atoms with Gasteiger partial charge in [0.1, 0.15) is 0 Å². The molecule has 0 aliphatic heterocycles. The number of benzene rings is 2. The molecule has 0 amide bonds. The molecule has 3 heterocycles. The molecule has 0 atom stereocenters. The van der Waals surface area contributed by atoms with Crippen LogP contribution in [0.15, 0.2) is 84.3 Å². The minimum absolute atomic E-state index is 0.0526. The van der Waals surface area contributed by atoms with Gasteiger partial charge in [-0.25, -0.2) is 22.4 Å². The highest BCUT2D eigenvalue weighted by molar-refractivity contribution is 7.90. The van der Waals surface area contributed by atoms with Crippen molar-refractivity contribution in [1.82, 2.24) is 23.7 Å². The second kappa shape index (κ2) is 10.2. The standard InChI is InChI=1S/C28H28ClN7O3S/c29-24-15-31-27(33-20-10-12-28(37,13-11-20)18-35-16-19(30)14-32-35)34-26(24)23-17-36(25-9-5-4-8-22(23)25)40(38,39)21-6-2-1-3-7-21/h1-9,14-17,20,37H,10-13,18,30H2,(H,31,33,34). The van der Waals surface area contributed by atoms with Gasteiger partial charge in [-0.1, -0.05) is 48.0 Å². The lowest BCUT2D eigenvalue weighted by Crippen LogP contribution is -2.41. The number of nitrogens with one attached hydrogen (secondary N) is 1. The number of halogens is 1. The number of aromatic nitrogens is 5. The topological polar surface area (TPSA) is 141 Å². The molecule has 40 heavy (non-hydrogen) atoms. The average molecular weight is 578 g/mol. The largest absolute Gasteiger partial charge is 0.396 e. The smallest absolute Gasteiger partial charge is 0.268 e. The maximum Gasteiger partial charge on any atom is 0.268 e. The van der Waals surface area contributed by atoms with Crippen molar-refractivity contribution in [2.75, 3.05) is 11.1 Å². The van der Waals surface area contributed by atoms with Crippen molar-refractivity contribution in [3.8, 4) is 11.3 Å². The summed E-state index contributed by atoms with van der Waals surface area (Å²) in [5.41, 5.74) is 6.99. The van der Waals surface area contributed by atoms with E-state index in [0.717, 1.165) is 0 Å². The number of nitrogens with two attached hydrogens (primary N) is 1. The van der Waals surface area contributed by atoms with Crippen LogP contribution in [0.1, 0.15) is 25.7 Å². The van der Waals surface area contributed by atoms with E-state index in [0.29, 0.717) is 71.0 Å². The van der Waals surface area contributed by atoms with E-state index in [1.165, 1.54) is 10.2 Å². The first-order valence-electron chi connectivity index (χ1n) is 12.9. The Kier molecular flexibility index (Phi) is 6.73. The Balaban J connectivity index is 1.26. The van der Waals surface area contributed by atoms with Crippen LogP contribution in [0.5, 0.6) is 0 Å². The van der Waals surface area contributed by atoms with Crippen molar-refractivity contribution >= 4 is 44.2 Å². The van der Waals surface area contributed by atoms with E-state index >= 15 is 0 Å². The third kappa shape index (κ3) is 5.03. The van der Waals surface area contributed by atoms with E-state index in [-0.39, 0.29) is 10.9 Å². The molecule has 1 aliphatic carbocycles. The predicted octanol–water partition coefficient (Wildman–Crippen LogP) is 4.55. The Morgan fingerprint density at radius 2 is 1.77 bits per heavy atom. The molecule has 6 rings (SSSR count). The lowest BCUT2D eigenvalue weighted by atomic mass is 9.82. The molecule has 206 valence electrons. The molecule has 0 spiro atoms. The lowest BCUT2D eigenvalue weighted by Gasteiger charge is -2.36. The minimum Gasteiger partial charge on any atom is -0.396 e. The molecule has 1 saturated carbocycles. The van der Waals surface area contributed by atoms with Gasteiger partial charge in [0.15, 0.2) is 0 Å². The van der Waals surface area contributed by atoms with Crippen LogP contribution < -0.4 is 11.1 Å². The van der Waals surface area contributed by atoms with Crippen molar-refractivity contribution < 1.29 is 13.5 Å². The van der Waals surface area contributed by atoms with Crippen LogP contribution in [-0.4, -0.2) is 48.9 Å². The molecule has 0 radical (unpaired) electrons. The number of hydrogen-bond acceptors (Lipinski definition) is 8. The molecule has 3 aromatic heterocycles. The molecule has 4 N–H and O–H groups in total. The fourth-order valence-electron chi connectivity index (χ4n) is 5.28. The van der Waals surface area contributed by atoms with Gasteiger partial charge in [-0.2, -0.15) is 5.10 Å². The average Bonchev–Trinajstić information content (AvgIpc) is 3.55. The zero-order chi connectivity index (χ0) is 27.9. The van der Waals surface area contributed by atoms with Crippen LogP contribution in [0, 0.1) is 0 Å². The fraction of sp³-hybridized carbons (Fsp3) is 0.250. The Bertz CT molecular complexity index is 1780. The summed E-state index contributed by atoms with van der Waals surface area (Å²) in [4.78, 5) is 9.27. The third-order valence-electron chi connectivity index (χ3n) is 7.34. The first-order chi connectivity index (χ1) is 19.2. The normalized spacial score (nSPS) is 19.6. The molecular weight excluding hydrogens is 550 g/mol. The summed E-state index contributed by atoms with van der Waals surface area (Å²) in [6.45, 7) is 0.383. The second-order valence-electron chi connectivity index (χ2n) is 10.2. The molecule has 12 heteroatoms. The molecule has 1 fully saturated rings. The summed E-state index contributed by atoms with van der Waals surface area (Å²) in [5.74, 6) is 0.387. The van der Waals surface area contributed by atoms with Gasteiger partial charge >= 0.3 is 0 Å². The molecule has 1 aliphatic rings. The van der Waals surface area contributed by atoms with E-state index in [9.17, 15) is 13.5 Å². The monoisotopic (exact) mass is 577 g/mol. The summed E-state index contributed by atoms with van der Waals surface area (Å²) in [7, 11) is -3.85. The molecule has 0 saturated heterocycles. The van der Waals surface area contributed by atoms with Crippen molar-refractivity contribution in [3.05, 3.63) is 84.4 Å². The van der Waals surface area contributed by atoms with Gasteiger partial charge in [0.25, 0.3) is 10.0 Å². The first kappa shape index (κ1) is 26.3. The molecule has 0 unspecified atom stereocenters. The Morgan fingerprint density at radius 3 is 2.50 bits per heavy atom. The number of hydrogen-bond donors (Lipinski definition) is 3. The van der Waals surface area contributed by atoms with Crippen LogP contribution >= 0.6 is 11.6 Å². The van der Waals surface area contributed by atoms with E-state index in [1.54, 1.807) is 65.7 Å². The summed E-state index contributed by atoms with van der Waals surface area (Å²) in [5, 5.41) is 19.6. The number of nitrogen functional groups attached to an aromatic ring is 1. The summed E-state index contributed by atoms with van der Waals surface area (Å²) in [6.07, 6.45) is 8.95. The van der Waals surface area contributed by atoms with Gasteiger partial charge in [-0.15, -0.1) is 0 Å². The number of nitrogens with zero attached hydrogens (tertiary/aromatic N) is 5. The number of para-hydroxylation sites is 1. The summed E-state index contributed by atoms with van der Waals surface area (Å²) >= 11 is 6.57. The predicted molar refractivity (Wildman–Crippen MR) is 154 cm³/mol. The quantitative estimate of drug-likeness (QED) is 0.256. The first-order valence-corrected chi connectivity index (χ1v) is 14.7. The van der Waals surface area contributed by atoms with Gasteiger partial charge in [-0.05, 0) is 43.9 Å². The number of aliphatic hydroxyl groups is 1. The van der Waals surface area contributed by atoms with Gasteiger partial charge in [-0.3, -0.25) is 4.68 Å². The highest BCUT2D eigenvalue weighted by Gasteiger charge is 2.34. The van der Waals surface area contributed by atoms with Crippen molar-refractivity contribution in [2.24, 2.45) is 0 Å². The van der Waals surface area contributed by atoms with Crippen molar-refractivity contribution in [3.63, 3.8) is 0 Å². The molecular formula is C28H28ClN7O3S. The summed E-state index contributed by atoms with van der Waals surface area (Å²) < 4.78 is 30.0. The highest BCUT2D eigenvalue weighted by atomic mass is 35.5. The van der Waals surface area contributed by atoms with Crippen molar-refractivity contribution in [2.45, 2.75) is 48.8 Å². The number of rotatable bonds is 7. The van der Waals surface area contributed by atoms with Crippen LogP contribution in [0.25, 0.3) is 22.2 Å². The lowest BCUT2D eigenvalue weighted by molar-refractivity contribution is -0.0166. The molecule has 0 bridgehead atoms. The number of fused-ring (bicyclic) bond motifs is 1. The molecule has 10 nitrogen and oxygen atoms in total. The fourth-order valence-corrected chi connectivity index (χ4v) is 6.86. The molecule has 5 aromatic rings. The third-order valence-corrected chi connectivity index (χ3v) is 9.30. The van der Waals surface area contributed by atoms with Crippen LogP contribution in [0.3, 0.4) is 0 Å². The van der Waals surface area contributed by atoms with Gasteiger partial charge in [0.05, 0.1) is 51.4 Å². The summed E-state index contributed by atoms with van der Waals surface area (Å²) in [6, 6.07) is 15.6. The Morgan fingerprint density at radius 1 is 1.05 bits per heavy atom. The van der Waals surface area contributed by atoms with Crippen LogP contribution in [0.2, 0.25) is 5.02 Å². The Labute approximate surface area is 236 Å². The highest BCUT2D eigenvalue weighted by Crippen LogP contribution is 2.36. The van der Waals surface area contributed by atoms with E-state index in [1.807, 2.05) is 12.1 Å². The van der Waals surface area contributed by atoms with Gasteiger partial charge in [0, 0.05) is 29.4 Å². The van der Waals surface area contributed by atoms with Gasteiger partial charge in [0.2, 0.25) is 5.95 Å². The maximum atomic E-state index is 13.5. The van der Waals surface area contributed by atoms with Crippen molar-refractivity contribution in [1.29, 1.82) is 0 Å². The van der Waals surface area contributed by atoms with E-state index in [2.05, 4.69) is 15.4 Å².